The van der Waals surface area contributed by atoms with E-state index < -0.39 is 21.8 Å². The quantitative estimate of drug-likeness (QED) is 0.625. The van der Waals surface area contributed by atoms with Crippen LogP contribution in [0.25, 0.3) is 5.69 Å². The number of nitrogens with zero attached hydrogens (tertiary/aromatic N) is 3. The Balaban J connectivity index is 1.37. The van der Waals surface area contributed by atoms with E-state index in [1.165, 1.54) is 6.07 Å². The second-order valence-corrected chi connectivity index (χ2v) is 9.20. The summed E-state index contributed by atoms with van der Waals surface area (Å²) in [6, 6.07) is 13.2. The van der Waals surface area contributed by atoms with E-state index in [2.05, 4.69) is 14.7 Å². The molecule has 3 aromatic rings. The number of aromatic nitrogens is 2. The van der Waals surface area contributed by atoms with E-state index in [9.17, 15) is 21.6 Å². The molecule has 0 saturated carbocycles. The lowest BCUT2D eigenvalue weighted by molar-refractivity contribution is -0.137. The summed E-state index contributed by atoms with van der Waals surface area (Å²) in [5.74, 6) is 0. The number of nitrogens with one attached hydrogen (secondary N) is 1. The fraction of sp³-hybridized carbons (Fsp3) is 0.286. The summed E-state index contributed by atoms with van der Waals surface area (Å²) in [6.07, 6.45) is -0.443. The summed E-state index contributed by atoms with van der Waals surface area (Å²) < 4.78 is 68.2. The van der Waals surface area contributed by atoms with Crippen molar-refractivity contribution in [2.45, 2.75) is 30.1 Å². The van der Waals surface area contributed by atoms with Gasteiger partial charge in [0.25, 0.3) is 0 Å². The third kappa shape index (κ3) is 5.15. The van der Waals surface area contributed by atoms with E-state index in [1.807, 2.05) is 36.5 Å². The SMILES string of the molecule is O=S(=O)(N[C@@H]1CCN(Cc2ccc(-n3cccn3)cc2)C1)c1cccc(C(F)(F)F)c1. The lowest BCUT2D eigenvalue weighted by atomic mass is 10.2. The monoisotopic (exact) mass is 450 g/mol. The molecule has 1 aliphatic heterocycles. The van der Waals surface area contributed by atoms with Crippen LogP contribution in [-0.2, 0) is 22.7 Å². The predicted molar refractivity (Wildman–Crippen MR) is 109 cm³/mol. The molecular formula is C21H21F3N4O2S. The van der Waals surface area contributed by atoms with E-state index in [0.717, 1.165) is 23.4 Å². The van der Waals surface area contributed by atoms with Crippen LogP contribution >= 0.6 is 0 Å². The summed E-state index contributed by atoms with van der Waals surface area (Å²) in [5.41, 5.74) is 1.04. The zero-order valence-corrected chi connectivity index (χ0v) is 17.3. The highest BCUT2D eigenvalue weighted by atomic mass is 32.2. The van der Waals surface area contributed by atoms with Gasteiger partial charge in [-0.15, -0.1) is 0 Å². The minimum atomic E-state index is -4.59. The first kappa shape index (κ1) is 21.5. The Morgan fingerprint density at radius 3 is 2.55 bits per heavy atom. The number of alkyl halides is 3. The molecule has 0 radical (unpaired) electrons. The zero-order chi connectivity index (χ0) is 22.1. The van der Waals surface area contributed by atoms with Crippen molar-refractivity contribution in [1.29, 1.82) is 0 Å². The highest BCUT2D eigenvalue weighted by Gasteiger charge is 2.33. The molecule has 0 aliphatic carbocycles. The Morgan fingerprint density at radius 1 is 1.10 bits per heavy atom. The van der Waals surface area contributed by atoms with E-state index in [4.69, 9.17) is 0 Å². The minimum absolute atomic E-state index is 0.358. The maximum atomic E-state index is 12.9. The van der Waals surface area contributed by atoms with Gasteiger partial charge in [-0.2, -0.15) is 18.3 Å². The van der Waals surface area contributed by atoms with Crippen LogP contribution in [0.2, 0.25) is 0 Å². The molecule has 4 rings (SSSR count). The van der Waals surface area contributed by atoms with Gasteiger partial charge in [-0.05, 0) is 48.4 Å². The lowest BCUT2D eigenvalue weighted by Crippen LogP contribution is -2.37. The van der Waals surface area contributed by atoms with Crippen LogP contribution in [0.15, 0.2) is 71.9 Å². The van der Waals surface area contributed by atoms with Crippen LogP contribution in [0.1, 0.15) is 17.5 Å². The Kier molecular flexibility index (Phi) is 5.87. The molecule has 1 saturated heterocycles. The van der Waals surface area contributed by atoms with Crippen LogP contribution in [0.4, 0.5) is 13.2 Å². The summed E-state index contributed by atoms with van der Waals surface area (Å²) >= 11 is 0. The molecule has 1 aliphatic rings. The third-order valence-electron chi connectivity index (χ3n) is 5.18. The highest BCUT2D eigenvalue weighted by Crippen LogP contribution is 2.30. The summed E-state index contributed by atoms with van der Waals surface area (Å²) in [6.45, 7) is 1.83. The molecule has 0 bridgehead atoms. The zero-order valence-electron chi connectivity index (χ0n) is 16.5. The van der Waals surface area contributed by atoms with Gasteiger partial charge in [0.05, 0.1) is 16.1 Å². The van der Waals surface area contributed by atoms with Gasteiger partial charge in [0.2, 0.25) is 10.0 Å². The summed E-state index contributed by atoms with van der Waals surface area (Å²) in [5, 5.41) is 4.19. The first-order valence-electron chi connectivity index (χ1n) is 9.72. The molecule has 0 spiro atoms. The van der Waals surface area contributed by atoms with Gasteiger partial charge in [-0.1, -0.05) is 18.2 Å². The fourth-order valence-corrected chi connectivity index (χ4v) is 4.94. The molecule has 2 heterocycles. The van der Waals surface area contributed by atoms with E-state index in [1.54, 1.807) is 10.9 Å². The number of halogens is 3. The van der Waals surface area contributed by atoms with Gasteiger partial charge in [0, 0.05) is 38.1 Å². The maximum absolute atomic E-state index is 12.9. The second kappa shape index (κ2) is 8.45. The van der Waals surface area contributed by atoms with Gasteiger partial charge in [-0.3, -0.25) is 4.90 Å². The van der Waals surface area contributed by atoms with Gasteiger partial charge in [-0.25, -0.2) is 17.8 Å². The molecule has 2 aromatic carbocycles. The number of likely N-dealkylation sites (tertiary alicyclic amines) is 1. The molecule has 1 atom stereocenters. The van der Waals surface area contributed by atoms with Gasteiger partial charge >= 0.3 is 6.18 Å². The largest absolute Gasteiger partial charge is 0.416 e. The molecule has 1 N–H and O–H groups in total. The van der Waals surface area contributed by atoms with Crippen molar-refractivity contribution in [1.82, 2.24) is 19.4 Å². The first-order valence-corrected chi connectivity index (χ1v) is 11.2. The fourth-order valence-electron chi connectivity index (χ4n) is 3.63. The summed E-state index contributed by atoms with van der Waals surface area (Å²) in [7, 11) is -4.04. The summed E-state index contributed by atoms with van der Waals surface area (Å²) in [4.78, 5) is 1.73. The number of hydrogen-bond acceptors (Lipinski definition) is 4. The molecule has 164 valence electrons. The number of benzene rings is 2. The van der Waals surface area contributed by atoms with E-state index in [-0.39, 0.29) is 10.9 Å². The number of sulfonamides is 1. The van der Waals surface area contributed by atoms with Crippen molar-refractivity contribution in [2.75, 3.05) is 13.1 Å². The van der Waals surface area contributed by atoms with Crippen molar-refractivity contribution in [3.8, 4) is 5.69 Å². The van der Waals surface area contributed by atoms with E-state index in [0.29, 0.717) is 32.1 Å². The molecular weight excluding hydrogens is 429 g/mol. The Hall–Kier alpha value is -2.69. The molecule has 31 heavy (non-hydrogen) atoms. The maximum Gasteiger partial charge on any atom is 0.416 e. The topological polar surface area (TPSA) is 67.2 Å². The number of hydrogen-bond donors (Lipinski definition) is 1. The third-order valence-corrected chi connectivity index (χ3v) is 6.70. The van der Waals surface area contributed by atoms with Crippen LogP contribution in [0.5, 0.6) is 0 Å². The Labute approximate surface area is 178 Å². The van der Waals surface area contributed by atoms with Crippen LogP contribution in [-0.4, -0.2) is 42.2 Å². The lowest BCUT2D eigenvalue weighted by Gasteiger charge is -2.17. The Bertz CT molecular complexity index is 1130. The predicted octanol–water partition coefficient (Wildman–Crippen LogP) is 3.44. The van der Waals surface area contributed by atoms with Gasteiger partial charge in [0.15, 0.2) is 0 Å². The standard InChI is InChI=1S/C21H21F3N4O2S/c22-21(23,24)17-3-1-4-20(13-17)31(29,30)26-18-9-12-27(15-18)14-16-5-7-19(8-6-16)28-11-2-10-25-28/h1-8,10-11,13,18,26H,9,12,14-15H2/t18-/m1/s1. The smallest absolute Gasteiger partial charge is 0.297 e. The average Bonchev–Trinajstić information content (AvgIpc) is 3.40. The normalized spacial score (nSPS) is 17.8. The van der Waals surface area contributed by atoms with Gasteiger partial charge < -0.3 is 0 Å². The molecule has 6 nitrogen and oxygen atoms in total. The first-order chi connectivity index (χ1) is 14.7. The molecule has 0 amide bonds. The van der Waals surface area contributed by atoms with Crippen molar-refractivity contribution < 1.29 is 21.6 Å². The van der Waals surface area contributed by atoms with Crippen molar-refractivity contribution in [2.24, 2.45) is 0 Å². The van der Waals surface area contributed by atoms with E-state index >= 15 is 0 Å². The average molecular weight is 450 g/mol. The van der Waals surface area contributed by atoms with Crippen molar-refractivity contribution >= 4 is 10.0 Å². The highest BCUT2D eigenvalue weighted by molar-refractivity contribution is 7.89. The number of rotatable bonds is 6. The van der Waals surface area contributed by atoms with Crippen LogP contribution < -0.4 is 4.72 Å². The van der Waals surface area contributed by atoms with Crippen LogP contribution in [0, 0.1) is 0 Å². The molecule has 1 aromatic heterocycles. The molecule has 1 fully saturated rings. The second-order valence-electron chi connectivity index (χ2n) is 7.48. The Morgan fingerprint density at radius 2 is 1.87 bits per heavy atom. The molecule has 0 unspecified atom stereocenters. The van der Waals surface area contributed by atoms with Crippen molar-refractivity contribution in [3.63, 3.8) is 0 Å². The van der Waals surface area contributed by atoms with Crippen molar-refractivity contribution in [3.05, 3.63) is 78.1 Å². The molecule has 10 heteroatoms. The van der Waals surface area contributed by atoms with Gasteiger partial charge in [0.1, 0.15) is 0 Å². The van der Waals surface area contributed by atoms with Crippen LogP contribution in [0.3, 0.4) is 0 Å². The minimum Gasteiger partial charge on any atom is -0.297 e.